The van der Waals surface area contributed by atoms with Crippen LogP contribution in [0.2, 0.25) is 0 Å². The molecule has 0 saturated heterocycles. The highest BCUT2D eigenvalue weighted by Crippen LogP contribution is 2.32. The molecule has 1 rings (SSSR count). The lowest BCUT2D eigenvalue weighted by Crippen LogP contribution is -1.97. The lowest BCUT2D eigenvalue weighted by atomic mass is 10.7. The van der Waals surface area contributed by atoms with Crippen LogP contribution in [0.5, 0.6) is 0 Å². The summed E-state index contributed by atoms with van der Waals surface area (Å²) in [5.74, 6) is 0. The largest absolute Gasteiger partial charge is 0.456 e. The first-order chi connectivity index (χ1) is 4.11. The molecule has 0 aliphatic heterocycles. The first-order valence-electron chi connectivity index (χ1n) is 2.20. The van der Waals surface area contributed by atoms with E-state index in [0.29, 0.717) is 0 Å². The van der Waals surface area contributed by atoms with Crippen LogP contribution in [-0.4, -0.2) is 32.6 Å². The zero-order chi connectivity index (χ0) is 6.91. The molecule has 64 valence electrons. The second-order valence-corrected chi connectivity index (χ2v) is 3.02. The Labute approximate surface area is 73.6 Å². The first kappa shape index (κ1) is 13.5. The number of furan rings is 1. The molecule has 1 heterocycles. The molecule has 0 aliphatic carbocycles. The summed E-state index contributed by atoms with van der Waals surface area (Å²) >= 11 is 0. The highest BCUT2D eigenvalue weighted by molar-refractivity contribution is 7.59. The van der Waals surface area contributed by atoms with Gasteiger partial charge in [0.2, 0.25) is 5.50 Å². The second-order valence-electron chi connectivity index (χ2n) is 1.50. The van der Waals surface area contributed by atoms with Gasteiger partial charge in [-0.3, -0.25) is 4.57 Å². The lowest BCUT2D eigenvalue weighted by molar-refractivity contribution is 0.376. The molecule has 0 aromatic carbocycles. The van der Waals surface area contributed by atoms with Gasteiger partial charge in [0.15, 0.2) is 17.4 Å². The van der Waals surface area contributed by atoms with Crippen LogP contribution >= 0.6 is 7.60 Å². The molecule has 1 aromatic rings. The van der Waals surface area contributed by atoms with Gasteiger partial charge in [-0.05, 0) is 12.1 Å². The van der Waals surface area contributed by atoms with Gasteiger partial charge in [0.05, 0.1) is 6.26 Å². The Morgan fingerprint density at radius 3 is 2.18 bits per heavy atom. The van der Waals surface area contributed by atoms with Gasteiger partial charge in [0.1, 0.15) is 0 Å². The summed E-state index contributed by atoms with van der Waals surface area (Å²) in [5.41, 5.74) is -0.289. The van der Waals surface area contributed by atoms with Crippen molar-refractivity contribution in [2.45, 2.75) is 0 Å². The summed E-state index contributed by atoms with van der Waals surface area (Å²) in [6.45, 7) is 0. The van der Waals surface area contributed by atoms with Crippen molar-refractivity contribution < 1.29 is 24.2 Å². The Hall–Kier alpha value is -0.0775. The van der Waals surface area contributed by atoms with Crippen molar-refractivity contribution in [1.82, 2.24) is 0 Å². The minimum atomic E-state index is -4.14. The van der Waals surface area contributed by atoms with Crippen LogP contribution in [0.3, 0.4) is 0 Å². The summed E-state index contributed by atoms with van der Waals surface area (Å²) in [6.07, 6.45) is 1.22. The van der Waals surface area contributed by atoms with Crippen LogP contribution in [0.25, 0.3) is 0 Å². The van der Waals surface area contributed by atoms with Crippen LogP contribution in [0.4, 0.5) is 0 Å². The molecule has 4 N–H and O–H groups in total. The molecule has 0 aliphatic rings. The maximum atomic E-state index is 10.3. The van der Waals surface area contributed by atoms with Crippen molar-refractivity contribution in [2.75, 3.05) is 0 Å². The predicted molar refractivity (Wildman–Crippen MR) is 43.9 cm³/mol. The molecule has 0 radical (unpaired) electrons. The van der Waals surface area contributed by atoms with Crippen molar-refractivity contribution >= 4 is 30.5 Å². The van der Waals surface area contributed by atoms with Crippen LogP contribution < -0.4 is 5.50 Å². The zero-order valence-electron chi connectivity index (χ0n) is 4.89. The minimum Gasteiger partial charge on any atom is -0.456 e. The van der Waals surface area contributed by atoms with Crippen molar-refractivity contribution in [2.24, 2.45) is 0 Å². The maximum Gasteiger partial charge on any atom is 0.391 e. The smallest absolute Gasteiger partial charge is 0.391 e. The molecule has 1 aromatic heterocycles. The Morgan fingerprint density at radius 1 is 1.45 bits per heavy atom. The van der Waals surface area contributed by atoms with Gasteiger partial charge in [0.25, 0.3) is 0 Å². The maximum absolute atomic E-state index is 10.3. The molecule has 0 bridgehead atoms. The van der Waals surface area contributed by atoms with Crippen molar-refractivity contribution in [3.63, 3.8) is 0 Å². The Kier molecular flexibility index (Phi) is 5.81. The van der Waals surface area contributed by atoms with Gasteiger partial charge in [-0.1, -0.05) is 0 Å². The second kappa shape index (κ2) is 4.73. The molecule has 7 heteroatoms. The molecule has 0 amide bonds. The van der Waals surface area contributed by atoms with E-state index in [0.717, 1.165) is 0 Å². The zero-order valence-corrected chi connectivity index (χ0v) is 5.78. The van der Waals surface area contributed by atoms with Crippen molar-refractivity contribution in [3.05, 3.63) is 18.4 Å². The van der Waals surface area contributed by atoms with E-state index in [1.165, 1.54) is 18.4 Å². The van der Waals surface area contributed by atoms with Gasteiger partial charge in [-0.15, -0.1) is 0 Å². The first-order valence-corrected chi connectivity index (χ1v) is 3.81. The van der Waals surface area contributed by atoms with Gasteiger partial charge in [0, 0.05) is 0 Å². The molecular weight excluding hydrogens is 186 g/mol. The number of hydrogen-bond donors (Lipinski definition) is 2. The monoisotopic (exact) mass is 196 g/mol. The van der Waals surface area contributed by atoms with Crippen molar-refractivity contribution in [3.8, 4) is 0 Å². The predicted octanol–water partition coefficient (Wildman–Crippen LogP) is -1.93. The summed E-state index contributed by atoms with van der Waals surface area (Å²) < 4.78 is 14.7. The average Bonchev–Trinajstić information content (AvgIpc) is 2.08. The lowest BCUT2D eigenvalue weighted by Gasteiger charge is -1.94. The van der Waals surface area contributed by atoms with Crippen LogP contribution in [0.1, 0.15) is 0 Å². The Balaban J connectivity index is 0. The fraction of sp³-hybridized carbons (Fsp3) is 0. The number of rotatable bonds is 1. The minimum absolute atomic E-state index is 0. The molecule has 0 atom stereocenters. The van der Waals surface area contributed by atoms with Crippen molar-refractivity contribution in [1.29, 1.82) is 0 Å². The van der Waals surface area contributed by atoms with Gasteiger partial charge >= 0.3 is 7.60 Å². The molecule has 0 fully saturated rings. The molecular formula is C4H10AlO5P. The van der Waals surface area contributed by atoms with Crippen LogP contribution in [0, 0.1) is 0 Å². The molecule has 0 spiro atoms. The third kappa shape index (κ3) is 3.73. The van der Waals surface area contributed by atoms with E-state index >= 15 is 0 Å². The quantitative estimate of drug-likeness (QED) is 0.403. The number of hydrogen-bond acceptors (Lipinski definition) is 2. The third-order valence-electron chi connectivity index (χ3n) is 0.793. The van der Waals surface area contributed by atoms with E-state index in [1.807, 2.05) is 0 Å². The topological polar surface area (TPSA) is 102 Å². The molecule has 0 saturated carbocycles. The highest BCUT2D eigenvalue weighted by Gasteiger charge is 2.19. The van der Waals surface area contributed by atoms with Gasteiger partial charge in [-0.2, -0.15) is 0 Å². The third-order valence-corrected chi connectivity index (χ3v) is 1.62. The van der Waals surface area contributed by atoms with Gasteiger partial charge in [-0.25, -0.2) is 0 Å². The van der Waals surface area contributed by atoms with E-state index in [4.69, 9.17) is 9.79 Å². The van der Waals surface area contributed by atoms with Crippen LogP contribution in [-0.2, 0) is 4.57 Å². The highest BCUT2D eigenvalue weighted by atomic mass is 31.2. The summed E-state index contributed by atoms with van der Waals surface area (Å²) in [6, 6.07) is 2.66. The SMILES string of the molecule is O.O=P(O)(O)c1ccco1.[AlH3]. The van der Waals surface area contributed by atoms with Crippen LogP contribution in [0.15, 0.2) is 22.8 Å². The van der Waals surface area contributed by atoms with E-state index in [9.17, 15) is 4.57 Å². The van der Waals surface area contributed by atoms with E-state index in [1.54, 1.807) is 0 Å². The Bertz CT molecular complexity index is 227. The normalized spacial score (nSPS) is 9.64. The Morgan fingerprint density at radius 2 is 2.00 bits per heavy atom. The van der Waals surface area contributed by atoms with E-state index in [2.05, 4.69) is 4.42 Å². The average molecular weight is 196 g/mol. The summed E-state index contributed by atoms with van der Waals surface area (Å²) in [5, 5.41) is 0. The fourth-order valence-electron chi connectivity index (χ4n) is 0.436. The molecule has 11 heavy (non-hydrogen) atoms. The molecule has 5 nitrogen and oxygen atoms in total. The fourth-order valence-corrected chi connectivity index (χ4v) is 0.914. The van der Waals surface area contributed by atoms with E-state index < -0.39 is 7.60 Å². The molecule has 0 unspecified atom stereocenters. The van der Waals surface area contributed by atoms with Gasteiger partial charge < -0.3 is 19.7 Å². The van der Waals surface area contributed by atoms with E-state index in [-0.39, 0.29) is 28.3 Å². The summed E-state index contributed by atoms with van der Waals surface area (Å²) in [4.78, 5) is 16.8. The summed E-state index contributed by atoms with van der Waals surface area (Å²) in [7, 11) is -4.14. The standard InChI is InChI=1S/C4H5O4P.Al.H2O.3H/c5-9(6,7)4-2-1-3-8-4;;;;;/h1-3H,(H2,5,6,7);;1H2;;;.